The number of urea groups is 1. The van der Waals surface area contributed by atoms with Crippen molar-refractivity contribution in [3.63, 3.8) is 0 Å². The Balaban J connectivity index is 0.00000361. The summed E-state index contributed by atoms with van der Waals surface area (Å²) in [6.45, 7) is 3.15. The van der Waals surface area contributed by atoms with Crippen molar-refractivity contribution in [3.8, 4) is 0 Å². The Morgan fingerprint density at radius 3 is 2.35 bits per heavy atom. The number of hydrogen-bond donors (Lipinski definition) is 3. The van der Waals surface area contributed by atoms with Crippen LogP contribution in [0.3, 0.4) is 0 Å². The average molecular weight is 308 g/mol. The molecule has 1 rings (SSSR count). The van der Waals surface area contributed by atoms with E-state index < -0.39 is 11.9 Å². The molecule has 3 N–H and O–H groups in total. The van der Waals surface area contributed by atoms with Gasteiger partial charge in [-0.25, -0.2) is 4.79 Å². The first kappa shape index (κ1) is 18.6. The third-order valence-corrected chi connectivity index (χ3v) is 2.77. The number of piperazine rings is 1. The molecule has 0 radical (unpaired) electrons. The van der Waals surface area contributed by atoms with Gasteiger partial charge in [-0.05, 0) is 7.05 Å². The van der Waals surface area contributed by atoms with Crippen molar-refractivity contribution < 1.29 is 14.4 Å². The molecule has 0 atom stereocenters. The zero-order valence-electron chi connectivity index (χ0n) is 11.8. The van der Waals surface area contributed by atoms with Gasteiger partial charge in [0.2, 0.25) is 11.8 Å². The second kappa shape index (κ2) is 9.51. The summed E-state index contributed by atoms with van der Waals surface area (Å²) in [6, 6.07) is -0.549. The lowest BCUT2D eigenvalue weighted by Crippen LogP contribution is -2.50. The SMILES string of the molecule is CNC(=O)NC(=O)CN(C)CC(=O)N1CCNCC1.Cl. The van der Waals surface area contributed by atoms with E-state index in [0.717, 1.165) is 13.1 Å². The number of carbonyl (C=O) groups excluding carboxylic acids is 3. The molecule has 1 fully saturated rings. The molecule has 0 aromatic heterocycles. The normalized spacial score (nSPS) is 14.4. The number of carbonyl (C=O) groups is 3. The highest BCUT2D eigenvalue weighted by Gasteiger charge is 2.18. The minimum atomic E-state index is -0.549. The summed E-state index contributed by atoms with van der Waals surface area (Å²) >= 11 is 0. The van der Waals surface area contributed by atoms with Gasteiger partial charge in [-0.2, -0.15) is 0 Å². The van der Waals surface area contributed by atoms with Gasteiger partial charge in [0, 0.05) is 33.2 Å². The van der Waals surface area contributed by atoms with E-state index in [1.807, 2.05) is 0 Å². The topological polar surface area (TPSA) is 93.8 Å². The number of amides is 4. The first-order chi connectivity index (χ1) is 9.02. The lowest BCUT2D eigenvalue weighted by molar-refractivity contribution is -0.133. The molecule has 0 spiro atoms. The van der Waals surface area contributed by atoms with Crippen LogP contribution in [0.15, 0.2) is 0 Å². The van der Waals surface area contributed by atoms with E-state index in [-0.39, 0.29) is 31.4 Å². The van der Waals surface area contributed by atoms with E-state index in [1.165, 1.54) is 7.05 Å². The summed E-state index contributed by atoms with van der Waals surface area (Å²) in [5.41, 5.74) is 0. The Kier molecular flexibility index (Phi) is 8.86. The molecule has 1 heterocycles. The fraction of sp³-hybridized carbons (Fsp3) is 0.727. The zero-order valence-corrected chi connectivity index (χ0v) is 12.6. The highest BCUT2D eigenvalue weighted by molar-refractivity contribution is 5.95. The summed E-state index contributed by atoms with van der Waals surface area (Å²) in [7, 11) is 3.10. The standard InChI is InChI=1S/C11H21N5O3.ClH/c1-12-11(19)14-9(17)7-15(2)8-10(18)16-5-3-13-4-6-16;/h13H,3-8H2,1-2H3,(H2,12,14,17,19);1H. The number of likely N-dealkylation sites (N-methyl/N-ethyl adjacent to an activating group) is 1. The van der Waals surface area contributed by atoms with Crippen LogP contribution < -0.4 is 16.0 Å². The van der Waals surface area contributed by atoms with Crippen molar-refractivity contribution in [2.45, 2.75) is 0 Å². The van der Waals surface area contributed by atoms with Crippen LogP contribution in [0.25, 0.3) is 0 Å². The number of rotatable bonds is 4. The molecule has 0 aliphatic carbocycles. The molecule has 9 heteroatoms. The fourth-order valence-corrected chi connectivity index (χ4v) is 1.77. The van der Waals surface area contributed by atoms with Crippen LogP contribution in [0.2, 0.25) is 0 Å². The van der Waals surface area contributed by atoms with E-state index in [1.54, 1.807) is 16.8 Å². The molecule has 0 aromatic rings. The van der Waals surface area contributed by atoms with Crippen molar-refractivity contribution in [3.05, 3.63) is 0 Å². The summed E-state index contributed by atoms with van der Waals surface area (Å²) in [5.74, 6) is -0.438. The predicted octanol–water partition coefficient (Wildman–Crippen LogP) is -1.77. The number of imide groups is 1. The van der Waals surface area contributed by atoms with Gasteiger partial charge in [0.15, 0.2) is 0 Å². The summed E-state index contributed by atoms with van der Waals surface area (Å²) in [4.78, 5) is 37.6. The summed E-state index contributed by atoms with van der Waals surface area (Å²) < 4.78 is 0. The largest absolute Gasteiger partial charge is 0.341 e. The maximum absolute atomic E-state index is 11.9. The van der Waals surface area contributed by atoms with Crippen LogP contribution in [-0.2, 0) is 9.59 Å². The van der Waals surface area contributed by atoms with E-state index in [0.29, 0.717) is 13.1 Å². The Labute approximate surface area is 124 Å². The van der Waals surface area contributed by atoms with Gasteiger partial charge in [0.05, 0.1) is 13.1 Å². The predicted molar refractivity (Wildman–Crippen MR) is 76.8 cm³/mol. The minimum Gasteiger partial charge on any atom is -0.341 e. The summed E-state index contributed by atoms with van der Waals surface area (Å²) in [6.07, 6.45) is 0. The second-order valence-electron chi connectivity index (χ2n) is 4.43. The number of halogens is 1. The lowest BCUT2D eigenvalue weighted by Gasteiger charge is -2.29. The first-order valence-electron chi connectivity index (χ1n) is 6.21. The third-order valence-electron chi connectivity index (χ3n) is 2.77. The van der Waals surface area contributed by atoms with E-state index in [9.17, 15) is 14.4 Å². The summed E-state index contributed by atoms with van der Waals surface area (Å²) in [5, 5.41) is 7.60. The monoisotopic (exact) mass is 307 g/mol. The Bertz CT molecular complexity index is 347. The van der Waals surface area contributed by atoms with Crippen molar-refractivity contribution in [2.24, 2.45) is 0 Å². The molecule has 0 bridgehead atoms. The van der Waals surface area contributed by atoms with Gasteiger partial charge in [-0.15, -0.1) is 12.4 Å². The quantitative estimate of drug-likeness (QED) is 0.571. The highest BCUT2D eigenvalue weighted by atomic mass is 35.5. The molecule has 0 aromatic carbocycles. The van der Waals surface area contributed by atoms with Crippen LogP contribution in [0.1, 0.15) is 0 Å². The fourth-order valence-electron chi connectivity index (χ4n) is 1.77. The molecule has 20 heavy (non-hydrogen) atoms. The van der Waals surface area contributed by atoms with E-state index in [4.69, 9.17) is 0 Å². The van der Waals surface area contributed by atoms with Crippen molar-refractivity contribution in [1.29, 1.82) is 0 Å². The lowest BCUT2D eigenvalue weighted by atomic mass is 10.3. The van der Waals surface area contributed by atoms with E-state index >= 15 is 0 Å². The van der Waals surface area contributed by atoms with Gasteiger partial charge in [-0.1, -0.05) is 0 Å². The van der Waals surface area contributed by atoms with Crippen molar-refractivity contribution in [1.82, 2.24) is 25.8 Å². The van der Waals surface area contributed by atoms with Gasteiger partial charge < -0.3 is 15.5 Å². The smallest absolute Gasteiger partial charge is 0.321 e. The molecule has 0 unspecified atom stereocenters. The molecule has 1 saturated heterocycles. The molecular weight excluding hydrogens is 286 g/mol. The minimum absolute atomic E-state index is 0. The maximum atomic E-state index is 11.9. The third kappa shape index (κ3) is 6.69. The van der Waals surface area contributed by atoms with Gasteiger partial charge in [-0.3, -0.25) is 19.8 Å². The molecule has 1 aliphatic heterocycles. The first-order valence-corrected chi connectivity index (χ1v) is 6.21. The van der Waals surface area contributed by atoms with Crippen LogP contribution >= 0.6 is 12.4 Å². The molecule has 1 aliphatic rings. The van der Waals surface area contributed by atoms with E-state index in [2.05, 4.69) is 16.0 Å². The number of nitrogens with zero attached hydrogens (tertiary/aromatic N) is 2. The van der Waals surface area contributed by atoms with Crippen molar-refractivity contribution >= 4 is 30.3 Å². The van der Waals surface area contributed by atoms with Gasteiger partial charge in [0.1, 0.15) is 0 Å². The average Bonchev–Trinajstić information content (AvgIpc) is 2.39. The number of hydrogen-bond acceptors (Lipinski definition) is 5. The molecular formula is C11H22ClN5O3. The molecule has 0 saturated carbocycles. The maximum Gasteiger partial charge on any atom is 0.321 e. The van der Waals surface area contributed by atoms with Gasteiger partial charge in [0.25, 0.3) is 0 Å². The Morgan fingerprint density at radius 2 is 1.80 bits per heavy atom. The number of nitrogens with one attached hydrogen (secondary N) is 3. The van der Waals surface area contributed by atoms with Crippen LogP contribution in [-0.4, -0.2) is 81.0 Å². The molecule has 116 valence electrons. The van der Waals surface area contributed by atoms with Crippen LogP contribution in [0.4, 0.5) is 4.79 Å². The van der Waals surface area contributed by atoms with Crippen LogP contribution in [0.5, 0.6) is 0 Å². The zero-order chi connectivity index (χ0) is 14.3. The van der Waals surface area contributed by atoms with Crippen LogP contribution in [0, 0.1) is 0 Å². The highest BCUT2D eigenvalue weighted by Crippen LogP contribution is 1.95. The van der Waals surface area contributed by atoms with Crippen molar-refractivity contribution in [2.75, 3.05) is 53.4 Å². The Hall–Kier alpha value is -1.38. The Morgan fingerprint density at radius 1 is 1.20 bits per heavy atom. The second-order valence-corrected chi connectivity index (χ2v) is 4.43. The van der Waals surface area contributed by atoms with Gasteiger partial charge >= 0.3 is 6.03 Å². The molecule has 8 nitrogen and oxygen atoms in total. The molecule has 4 amide bonds.